The van der Waals surface area contributed by atoms with E-state index in [4.69, 9.17) is 17.0 Å². The van der Waals surface area contributed by atoms with Crippen molar-refractivity contribution in [1.82, 2.24) is 0 Å². The summed E-state index contributed by atoms with van der Waals surface area (Å²) < 4.78 is 0. The fourth-order valence-electron chi connectivity index (χ4n) is 4.89. The van der Waals surface area contributed by atoms with Gasteiger partial charge in [0.15, 0.2) is 0 Å². The Labute approximate surface area is 214 Å². The molecule has 4 rings (SSSR count). The number of benzene rings is 2. The van der Waals surface area contributed by atoms with Crippen molar-refractivity contribution in [1.29, 1.82) is 0 Å². The van der Waals surface area contributed by atoms with Crippen molar-refractivity contribution in [2.45, 2.75) is 52.8 Å². The van der Waals surface area contributed by atoms with Crippen molar-refractivity contribution in [3.8, 4) is 0 Å². The fraction of sp³-hybridized carbons (Fsp3) is 0.360. The molecular weight excluding hydrogens is 547 g/mol. The Morgan fingerprint density at radius 1 is 0.839 bits per heavy atom. The van der Waals surface area contributed by atoms with Crippen LogP contribution in [0.1, 0.15) is 44.4 Å². The SMILES string of the molecule is CC1(C)[CH-]C(=[Si])c2ccccc21.CC1(C)[CH-]c2cccc(=[Si])c2=C1[Si](C)(C)C.[Cl][Zr+2][Cl]. The van der Waals surface area contributed by atoms with Gasteiger partial charge in [-0.25, -0.2) is 11.6 Å². The molecule has 0 bridgehead atoms. The first-order valence-electron chi connectivity index (χ1n) is 10.4. The molecule has 4 radical (unpaired) electrons. The Morgan fingerprint density at radius 2 is 1.42 bits per heavy atom. The maximum absolute atomic E-state index is 4.93. The zero-order chi connectivity index (χ0) is 23.6. The van der Waals surface area contributed by atoms with Gasteiger partial charge in [0.25, 0.3) is 0 Å². The molecule has 2 aromatic rings. The molecule has 0 aliphatic heterocycles. The summed E-state index contributed by atoms with van der Waals surface area (Å²) in [6.07, 6.45) is 4.67. The number of hydrogen-bond acceptors (Lipinski definition) is 0. The summed E-state index contributed by atoms with van der Waals surface area (Å²) in [4.78, 5) is 1.25. The summed E-state index contributed by atoms with van der Waals surface area (Å²) in [5, 5.41) is 4.35. The molecule has 0 N–H and O–H groups in total. The molecule has 2 aliphatic rings. The van der Waals surface area contributed by atoms with E-state index in [1.807, 2.05) is 0 Å². The summed E-state index contributed by atoms with van der Waals surface area (Å²) in [5.41, 5.74) is 4.55. The molecule has 0 fully saturated rings. The summed E-state index contributed by atoms with van der Waals surface area (Å²) in [6, 6.07) is 15.0. The molecule has 0 nitrogen and oxygen atoms in total. The van der Waals surface area contributed by atoms with Crippen LogP contribution in [-0.4, -0.2) is 33.0 Å². The van der Waals surface area contributed by atoms with Gasteiger partial charge in [-0.15, -0.1) is 28.1 Å². The molecule has 0 heterocycles. The van der Waals surface area contributed by atoms with Crippen molar-refractivity contribution >= 4 is 55.2 Å². The first-order valence-corrected chi connectivity index (χ1v) is 21.2. The third-order valence-electron chi connectivity index (χ3n) is 5.67. The van der Waals surface area contributed by atoms with E-state index in [2.05, 4.69) is 122 Å². The van der Waals surface area contributed by atoms with E-state index in [9.17, 15) is 0 Å². The fourth-order valence-corrected chi connectivity index (χ4v) is 8.99. The Morgan fingerprint density at radius 3 is 1.97 bits per heavy atom. The Hall–Kier alpha value is 0.0338. The van der Waals surface area contributed by atoms with Crippen LogP contribution < -0.4 is 5.22 Å². The Bertz CT molecular complexity index is 1070. The summed E-state index contributed by atoms with van der Waals surface area (Å²) >= 11 is -0.826. The number of fused-ring (bicyclic) bond motifs is 2. The van der Waals surface area contributed by atoms with Gasteiger partial charge in [-0.05, 0) is 9.85 Å². The number of halogens is 2. The quantitative estimate of drug-likeness (QED) is 0.290. The molecule has 0 aromatic heterocycles. The van der Waals surface area contributed by atoms with E-state index in [-0.39, 0.29) is 10.8 Å². The van der Waals surface area contributed by atoms with Crippen LogP contribution in [0.4, 0.5) is 0 Å². The zero-order valence-corrected chi connectivity index (χ0v) is 26.4. The van der Waals surface area contributed by atoms with E-state index in [1.165, 1.54) is 31.9 Å². The van der Waals surface area contributed by atoms with Crippen molar-refractivity contribution < 1.29 is 20.8 Å². The van der Waals surface area contributed by atoms with Gasteiger partial charge in [0, 0.05) is 9.85 Å². The van der Waals surface area contributed by atoms with E-state index in [1.54, 1.807) is 5.20 Å². The molecule has 0 atom stereocenters. The van der Waals surface area contributed by atoms with Crippen LogP contribution in [0.25, 0.3) is 5.20 Å². The van der Waals surface area contributed by atoms with Crippen LogP contribution in [0.5, 0.6) is 0 Å². The van der Waals surface area contributed by atoms with E-state index in [0.29, 0.717) is 0 Å². The molecular formula is C25H30Cl2Si3Zr. The molecule has 31 heavy (non-hydrogen) atoms. The zero-order valence-electron chi connectivity index (χ0n) is 19.5. The molecule has 0 saturated carbocycles. The maximum atomic E-state index is 4.93. The second-order valence-corrected chi connectivity index (χ2v) is 20.0. The molecule has 0 amide bonds. The van der Waals surface area contributed by atoms with Crippen LogP contribution in [0.15, 0.2) is 42.5 Å². The van der Waals surface area contributed by atoms with Gasteiger partial charge in [0.1, 0.15) is 0 Å². The van der Waals surface area contributed by atoms with Gasteiger partial charge >= 0.3 is 37.9 Å². The van der Waals surface area contributed by atoms with Gasteiger partial charge < -0.3 is 0 Å². The van der Waals surface area contributed by atoms with Crippen molar-refractivity contribution in [2.75, 3.05) is 0 Å². The van der Waals surface area contributed by atoms with Gasteiger partial charge in [0.05, 0.1) is 8.07 Å². The average Bonchev–Trinajstić information content (AvgIpc) is 3.06. The number of rotatable bonds is 1. The summed E-state index contributed by atoms with van der Waals surface area (Å²) in [6.45, 7) is 16.5. The molecule has 0 saturated heterocycles. The van der Waals surface area contributed by atoms with Gasteiger partial charge in [-0.3, -0.25) is 0 Å². The predicted octanol–water partition coefficient (Wildman–Crippen LogP) is 5.97. The van der Waals surface area contributed by atoms with Crippen LogP contribution in [0, 0.1) is 23.1 Å². The van der Waals surface area contributed by atoms with Crippen molar-refractivity contribution in [3.63, 3.8) is 0 Å². The average molecular weight is 577 g/mol. The van der Waals surface area contributed by atoms with Gasteiger partial charge in [0.2, 0.25) is 0 Å². The predicted molar refractivity (Wildman–Crippen MR) is 140 cm³/mol. The van der Waals surface area contributed by atoms with E-state index < -0.39 is 28.9 Å². The van der Waals surface area contributed by atoms with E-state index >= 15 is 0 Å². The minimum absolute atomic E-state index is 0.188. The van der Waals surface area contributed by atoms with E-state index in [0.717, 1.165) is 0 Å². The Kier molecular flexibility index (Phi) is 9.27. The minimum atomic E-state index is -1.29. The normalized spacial score (nSPS) is 16.9. The molecule has 160 valence electrons. The monoisotopic (exact) mass is 574 g/mol. The second-order valence-electron chi connectivity index (χ2n) is 10.2. The van der Waals surface area contributed by atoms with Crippen LogP contribution >= 0.6 is 17.0 Å². The first-order chi connectivity index (χ1) is 14.3. The van der Waals surface area contributed by atoms with Crippen LogP contribution in [0.2, 0.25) is 19.6 Å². The standard InChI is InChI=1S/C14H19Si2.C11H11Si.2ClH.Zr/c1-14(2)9-10-7-6-8-11(15)12(10)13(14)16(3,4)5;1-11(2)7-10(12)8-5-3-4-6-9(8)11;;;/h6-9H,1-5H3;3-7H,1-2H3;2*1H;/q2*-1;;;+4/p-2. The van der Waals surface area contributed by atoms with Crippen molar-refractivity contribution in [3.05, 3.63) is 82.0 Å². The third-order valence-corrected chi connectivity index (χ3v) is 8.90. The van der Waals surface area contributed by atoms with Crippen LogP contribution in [0.3, 0.4) is 0 Å². The first kappa shape index (κ1) is 27.3. The molecule has 0 unspecified atom stereocenters. The topological polar surface area (TPSA) is 0 Å². The molecule has 6 heteroatoms. The van der Waals surface area contributed by atoms with Gasteiger partial charge in [-0.1, -0.05) is 87.2 Å². The molecule has 2 aliphatic carbocycles. The Balaban J connectivity index is 0.000000201. The number of hydrogen-bond donors (Lipinski definition) is 0. The van der Waals surface area contributed by atoms with Crippen molar-refractivity contribution in [2.24, 2.45) is 5.41 Å². The van der Waals surface area contributed by atoms with Crippen LogP contribution in [-0.2, 0) is 26.3 Å². The summed E-state index contributed by atoms with van der Waals surface area (Å²) in [7, 11) is 16.0. The summed E-state index contributed by atoms with van der Waals surface area (Å²) in [5.74, 6) is 0. The second kappa shape index (κ2) is 10.5. The molecule has 2 aromatic carbocycles. The van der Waals surface area contributed by atoms with Gasteiger partial charge in [-0.2, -0.15) is 23.6 Å². The molecule has 0 spiro atoms. The third kappa shape index (κ3) is 6.34.